The molecule has 0 heterocycles. The molecule has 0 radical (unpaired) electrons. The molecule has 2 fully saturated rings. The van der Waals surface area contributed by atoms with Gasteiger partial charge in [0.15, 0.2) is 0 Å². The minimum atomic E-state index is -0.374. The van der Waals surface area contributed by atoms with Crippen LogP contribution in [0.3, 0.4) is 0 Å². The van der Waals surface area contributed by atoms with E-state index < -0.39 is 0 Å². The van der Waals surface area contributed by atoms with Crippen LogP contribution in [0.5, 0.6) is 0 Å². The van der Waals surface area contributed by atoms with Crippen LogP contribution in [-0.4, -0.2) is 23.2 Å². The van der Waals surface area contributed by atoms with E-state index in [1.54, 1.807) is 0 Å². The number of rotatable bonds is 3. The summed E-state index contributed by atoms with van der Waals surface area (Å²) >= 11 is 0. The van der Waals surface area contributed by atoms with Gasteiger partial charge in [0.05, 0.1) is 17.6 Å². The Morgan fingerprint density at radius 3 is 2.40 bits per heavy atom. The number of aliphatic hydroxyl groups excluding tert-OH is 1. The van der Waals surface area contributed by atoms with E-state index in [4.69, 9.17) is 0 Å². The van der Waals surface area contributed by atoms with E-state index in [1.807, 2.05) is 18.2 Å². The van der Waals surface area contributed by atoms with E-state index in [1.165, 1.54) is 0 Å². The SMILES string of the molecule is O=C(NC1CCCCC1O)C1(c2ccccc2)CCC1. The molecule has 0 bridgehead atoms. The lowest BCUT2D eigenvalue weighted by Gasteiger charge is -2.42. The smallest absolute Gasteiger partial charge is 0.230 e. The van der Waals surface area contributed by atoms with Gasteiger partial charge in [-0.05, 0) is 31.2 Å². The molecule has 0 spiro atoms. The first-order chi connectivity index (χ1) is 9.72. The Morgan fingerprint density at radius 2 is 1.80 bits per heavy atom. The van der Waals surface area contributed by atoms with Gasteiger partial charge >= 0.3 is 0 Å². The Labute approximate surface area is 120 Å². The molecule has 0 aliphatic heterocycles. The molecule has 2 unspecified atom stereocenters. The largest absolute Gasteiger partial charge is 0.391 e. The first-order valence-corrected chi connectivity index (χ1v) is 7.77. The molecule has 2 saturated carbocycles. The number of carbonyl (C=O) groups is 1. The minimum Gasteiger partial charge on any atom is -0.391 e. The molecule has 2 aliphatic carbocycles. The monoisotopic (exact) mass is 273 g/mol. The summed E-state index contributed by atoms with van der Waals surface area (Å²) in [6.45, 7) is 0. The second-order valence-corrected chi connectivity index (χ2v) is 6.23. The van der Waals surface area contributed by atoms with Crippen molar-refractivity contribution < 1.29 is 9.90 Å². The molecule has 1 amide bonds. The second kappa shape index (κ2) is 5.57. The van der Waals surface area contributed by atoms with Crippen molar-refractivity contribution in [3.63, 3.8) is 0 Å². The van der Waals surface area contributed by atoms with Crippen molar-refractivity contribution in [1.29, 1.82) is 0 Å². The normalized spacial score (nSPS) is 28.4. The first kappa shape index (κ1) is 13.6. The maximum atomic E-state index is 12.7. The van der Waals surface area contributed by atoms with E-state index in [2.05, 4.69) is 17.4 Å². The van der Waals surface area contributed by atoms with Gasteiger partial charge in [-0.25, -0.2) is 0 Å². The van der Waals surface area contributed by atoms with Gasteiger partial charge in [0.2, 0.25) is 5.91 Å². The average Bonchev–Trinajstić information content (AvgIpc) is 2.41. The molecular weight excluding hydrogens is 250 g/mol. The fourth-order valence-corrected chi connectivity index (χ4v) is 3.52. The van der Waals surface area contributed by atoms with Crippen LogP contribution >= 0.6 is 0 Å². The molecule has 3 heteroatoms. The number of hydrogen-bond donors (Lipinski definition) is 2. The zero-order chi connectivity index (χ0) is 14.0. The fourth-order valence-electron chi connectivity index (χ4n) is 3.52. The predicted molar refractivity (Wildman–Crippen MR) is 78.4 cm³/mol. The van der Waals surface area contributed by atoms with Crippen molar-refractivity contribution >= 4 is 5.91 Å². The van der Waals surface area contributed by atoms with Gasteiger partial charge in [-0.15, -0.1) is 0 Å². The average molecular weight is 273 g/mol. The molecule has 0 aromatic heterocycles. The molecule has 3 nitrogen and oxygen atoms in total. The van der Waals surface area contributed by atoms with Crippen molar-refractivity contribution in [3.05, 3.63) is 35.9 Å². The van der Waals surface area contributed by atoms with Gasteiger partial charge in [-0.1, -0.05) is 49.6 Å². The quantitative estimate of drug-likeness (QED) is 0.889. The summed E-state index contributed by atoms with van der Waals surface area (Å²) in [7, 11) is 0. The summed E-state index contributed by atoms with van der Waals surface area (Å²) in [6.07, 6.45) is 6.45. The Hall–Kier alpha value is -1.35. The topological polar surface area (TPSA) is 49.3 Å². The lowest BCUT2D eigenvalue weighted by molar-refractivity contribution is -0.132. The second-order valence-electron chi connectivity index (χ2n) is 6.23. The van der Waals surface area contributed by atoms with Gasteiger partial charge < -0.3 is 10.4 Å². The van der Waals surface area contributed by atoms with Crippen LogP contribution in [0.25, 0.3) is 0 Å². The van der Waals surface area contributed by atoms with Gasteiger partial charge in [-0.3, -0.25) is 4.79 Å². The van der Waals surface area contributed by atoms with E-state index >= 15 is 0 Å². The lowest BCUT2D eigenvalue weighted by atomic mass is 9.63. The zero-order valence-electron chi connectivity index (χ0n) is 11.8. The van der Waals surface area contributed by atoms with Crippen molar-refractivity contribution in [1.82, 2.24) is 5.32 Å². The van der Waals surface area contributed by atoms with E-state index in [-0.39, 0.29) is 23.5 Å². The molecule has 3 rings (SSSR count). The summed E-state index contributed by atoms with van der Waals surface area (Å²) in [5, 5.41) is 13.2. The van der Waals surface area contributed by atoms with Crippen molar-refractivity contribution in [3.8, 4) is 0 Å². The molecule has 20 heavy (non-hydrogen) atoms. The standard InChI is InChI=1S/C17H23NO2/c19-15-10-5-4-9-14(15)18-16(20)17(11-6-12-17)13-7-2-1-3-8-13/h1-3,7-8,14-15,19H,4-6,9-12H2,(H,18,20). The molecule has 2 atom stereocenters. The van der Waals surface area contributed by atoms with Crippen molar-refractivity contribution in [2.24, 2.45) is 0 Å². The van der Waals surface area contributed by atoms with Crippen LogP contribution in [0, 0.1) is 0 Å². The number of aliphatic hydroxyl groups is 1. The Balaban J connectivity index is 1.74. The maximum absolute atomic E-state index is 12.7. The third-order valence-electron chi connectivity index (χ3n) is 5.01. The first-order valence-electron chi connectivity index (χ1n) is 7.77. The lowest BCUT2D eigenvalue weighted by Crippen LogP contribution is -2.55. The van der Waals surface area contributed by atoms with Crippen molar-refractivity contribution in [2.75, 3.05) is 0 Å². The zero-order valence-corrected chi connectivity index (χ0v) is 11.8. The van der Waals surface area contributed by atoms with Gasteiger partial charge in [-0.2, -0.15) is 0 Å². The van der Waals surface area contributed by atoms with Gasteiger partial charge in [0, 0.05) is 0 Å². The van der Waals surface area contributed by atoms with Crippen LogP contribution in [-0.2, 0) is 10.2 Å². The van der Waals surface area contributed by atoms with Gasteiger partial charge in [0.1, 0.15) is 0 Å². The summed E-state index contributed by atoms with van der Waals surface area (Å²) in [5.74, 6) is 0.112. The highest BCUT2D eigenvalue weighted by molar-refractivity contribution is 5.89. The number of benzene rings is 1. The Morgan fingerprint density at radius 1 is 1.10 bits per heavy atom. The highest BCUT2D eigenvalue weighted by Gasteiger charge is 2.46. The number of nitrogens with one attached hydrogen (secondary N) is 1. The van der Waals surface area contributed by atoms with Crippen LogP contribution < -0.4 is 5.32 Å². The predicted octanol–water partition coefficient (Wildman–Crippen LogP) is 2.53. The molecule has 1 aromatic rings. The summed E-state index contributed by atoms with van der Waals surface area (Å²) < 4.78 is 0. The summed E-state index contributed by atoms with van der Waals surface area (Å²) in [6, 6.07) is 10.0. The van der Waals surface area contributed by atoms with Crippen LogP contribution in [0.2, 0.25) is 0 Å². The Kier molecular flexibility index (Phi) is 3.79. The number of carbonyl (C=O) groups excluding carboxylic acids is 1. The van der Waals surface area contributed by atoms with Crippen LogP contribution in [0.1, 0.15) is 50.5 Å². The summed E-state index contributed by atoms with van der Waals surface area (Å²) in [4.78, 5) is 12.7. The number of hydrogen-bond acceptors (Lipinski definition) is 2. The number of amides is 1. The van der Waals surface area contributed by atoms with Crippen molar-refractivity contribution in [2.45, 2.75) is 62.5 Å². The fraction of sp³-hybridized carbons (Fsp3) is 0.588. The van der Waals surface area contributed by atoms with E-state index in [9.17, 15) is 9.90 Å². The van der Waals surface area contributed by atoms with Gasteiger partial charge in [0.25, 0.3) is 0 Å². The molecular formula is C17H23NO2. The maximum Gasteiger partial charge on any atom is 0.230 e. The Bertz CT molecular complexity index is 467. The third kappa shape index (κ3) is 2.35. The molecule has 2 N–H and O–H groups in total. The summed E-state index contributed by atoms with van der Waals surface area (Å²) in [5.41, 5.74) is 0.771. The molecule has 0 saturated heterocycles. The van der Waals surface area contributed by atoms with Crippen LogP contribution in [0.15, 0.2) is 30.3 Å². The van der Waals surface area contributed by atoms with E-state index in [0.717, 1.165) is 50.5 Å². The minimum absolute atomic E-state index is 0.0579. The highest BCUT2D eigenvalue weighted by Crippen LogP contribution is 2.44. The molecule has 108 valence electrons. The van der Waals surface area contributed by atoms with E-state index in [0.29, 0.717) is 0 Å². The molecule has 2 aliphatic rings. The van der Waals surface area contributed by atoms with Crippen LogP contribution in [0.4, 0.5) is 0 Å². The third-order valence-corrected chi connectivity index (χ3v) is 5.01. The molecule has 1 aromatic carbocycles. The highest BCUT2D eigenvalue weighted by atomic mass is 16.3.